The average Bonchev–Trinajstić information content (AvgIpc) is 3.14. The minimum atomic E-state index is 0.425. The molecule has 3 aromatic heterocycles. The lowest BCUT2D eigenvalue weighted by molar-refractivity contribution is 0.593. The van der Waals surface area contributed by atoms with Gasteiger partial charge in [0.15, 0.2) is 5.65 Å². The number of nitrogens with one attached hydrogen (secondary N) is 2. The Morgan fingerprint density at radius 3 is 3.09 bits per heavy atom. The van der Waals surface area contributed by atoms with E-state index in [9.17, 15) is 0 Å². The van der Waals surface area contributed by atoms with Gasteiger partial charge in [0.05, 0.1) is 23.8 Å². The summed E-state index contributed by atoms with van der Waals surface area (Å²) in [6.45, 7) is 4.28. The van der Waals surface area contributed by atoms with Crippen molar-refractivity contribution in [1.82, 2.24) is 24.7 Å². The van der Waals surface area contributed by atoms with E-state index in [1.165, 1.54) is 0 Å². The molecule has 4 rings (SSSR count). The maximum absolute atomic E-state index is 4.74. The predicted octanol–water partition coefficient (Wildman–Crippen LogP) is 1.81. The van der Waals surface area contributed by atoms with Crippen molar-refractivity contribution in [2.24, 2.45) is 5.92 Å². The molecule has 112 valence electrons. The number of pyridine rings is 1. The van der Waals surface area contributed by atoms with E-state index >= 15 is 0 Å². The summed E-state index contributed by atoms with van der Waals surface area (Å²) in [6, 6.07) is 6.47. The monoisotopic (exact) mass is 294 g/mol. The van der Waals surface area contributed by atoms with E-state index in [4.69, 9.17) is 4.98 Å². The van der Waals surface area contributed by atoms with E-state index < -0.39 is 0 Å². The van der Waals surface area contributed by atoms with Crippen molar-refractivity contribution in [2.45, 2.75) is 13.0 Å². The first-order chi connectivity index (χ1) is 10.8. The Hall–Kier alpha value is -2.47. The highest BCUT2D eigenvalue weighted by Crippen LogP contribution is 2.21. The van der Waals surface area contributed by atoms with Crippen molar-refractivity contribution in [3.05, 3.63) is 43.0 Å². The van der Waals surface area contributed by atoms with Crippen LogP contribution in [0.25, 0.3) is 17.0 Å². The largest absolute Gasteiger partial charge is 0.366 e. The van der Waals surface area contributed by atoms with Crippen LogP contribution in [-0.4, -0.2) is 38.5 Å². The summed E-state index contributed by atoms with van der Waals surface area (Å²) in [5.41, 5.74) is 2.70. The Balaban J connectivity index is 1.67. The number of imidazole rings is 1. The molecule has 6 heteroatoms. The van der Waals surface area contributed by atoms with Gasteiger partial charge in [-0.15, -0.1) is 0 Å². The topological polar surface area (TPSA) is 67.1 Å². The van der Waals surface area contributed by atoms with E-state index in [0.717, 1.165) is 35.9 Å². The Morgan fingerprint density at radius 2 is 2.23 bits per heavy atom. The first-order valence-electron chi connectivity index (χ1n) is 7.53. The van der Waals surface area contributed by atoms with Crippen molar-refractivity contribution in [3.8, 4) is 11.4 Å². The summed E-state index contributed by atoms with van der Waals surface area (Å²) in [4.78, 5) is 13.2. The molecule has 4 heterocycles. The van der Waals surface area contributed by atoms with E-state index in [0.29, 0.717) is 12.0 Å². The summed E-state index contributed by atoms with van der Waals surface area (Å²) >= 11 is 0. The van der Waals surface area contributed by atoms with Gasteiger partial charge in [0.1, 0.15) is 5.82 Å². The number of anilines is 1. The number of hydrogen-bond donors (Lipinski definition) is 2. The highest BCUT2D eigenvalue weighted by Gasteiger charge is 2.23. The second kappa shape index (κ2) is 5.38. The minimum absolute atomic E-state index is 0.425. The molecule has 22 heavy (non-hydrogen) atoms. The van der Waals surface area contributed by atoms with Crippen molar-refractivity contribution in [2.75, 3.05) is 18.4 Å². The summed E-state index contributed by atoms with van der Waals surface area (Å²) in [6.07, 6.45) is 7.24. The quantitative estimate of drug-likeness (QED) is 0.771. The van der Waals surface area contributed by atoms with E-state index in [1.54, 1.807) is 12.4 Å². The Labute approximate surface area is 128 Å². The van der Waals surface area contributed by atoms with Crippen LogP contribution in [0.2, 0.25) is 0 Å². The molecule has 1 saturated heterocycles. The average molecular weight is 294 g/mol. The number of hydrogen-bond acceptors (Lipinski definition) is 5. The van der Waals surface area contributed by atoms with Crippen molar-refractivity contribution in [3.63, 3.8) is 0 Å². The van der Waals surface area contributed by atoms with Crippen LogP contribution in [0.5, 0.6) is 0 Å². The zero-order valence-corrected chi connectivity index (χ0v) is 12.4. The van der Waals surface area contributed by atoms with Gasteiger partial charge in [-0.05, 0) is 24.6 Å². The van der Waals surface area contributed by atoms with Gasteiger partial charge < -0.3 is 10.6 Å². The summed E-state index contributed by atoms with van der Waals surface area (Å²) < 4.78 is 2.00. The van der Waals surface area contributed by atoms with Gasteiger partial charge in [-0.25, -0.2) is 9.97 Å². The summed E-state index contributed by atoms with van der Waals surface area (Å²) in [7, 11) is 0. The predicted molar refractivity (Wildman–Crippen MR) is 85.7 cm³/mol. The Morgan fingerprint density at radius 1 is 1.27 bits per heavy atom. The van der Waals surface area contributed by atoms with Crippen LogP contribution in [0.15, 0.2) is 43.0 Å². The van der Waals surface area contributed by atoms with Gasteiger partial charge in [-0.2, -0.15) is 0 Å². The van der Waals surface area contributed by atoms with Gasteiger partial charge >= 0.3 is 0 Å². The van der Waals surface area contributed by atoms with Gasteiger partial charge in [-0.3, -0.25) is 9.38 Å². The molecule has 0 radical (unpaired) electrons. The van der Waals surface area contributed by atoms with Crippen LogP contribution in [0.1, 0.15) is 6.92 Å². The lowest BCUT2D eigenvalue weighted by Crippen LogP contribution is -2.27. The van der Waals surface area contributed by atoms with Crippen LogP contribution in [0.3, 0.4) is 0 Å². The third-order valence-electron chi connectivity index (χ3n) is 4.18. The highest BCUT2D eigenvalue weighted by molar-refractivity contribution is 5.61. The Bertz CT molecular complexity index is 796. The van der Waals surface area contributed by atoms with E-state index in [-0.39, 0.29) is 0 Å². The third-order valence-corrected chi connectivity index (χ3v) is 4.18. The molecular formula is C16H18N6. The van der Waals surface area contributed by atoms with Crippen LogP contribution in [-0.2, 0) is 0 Å². The van der Waals surface area contributed by atoms with Crippen molar-refractivity contribution < 1.29 is 0 Å². The lowest BCUT2D eigenvalue weighted by atomic mass is 10.1. The first kappa shape index (κ1) is 13.2. The molecule has 0 aliphatic carbocycles. The molecule has 1 aliphatic heterocycles. The van der Waals surface area contributed by atoms with Gasteiger partial charge in [0.2, 0.25) is 0 Å². The normalized spacial score (nSPS) is 21.3. The smallest absolute Gasteiger partial charge is 0.155 e. The van der Waals surface area contributed by atoms with Crippen LogP contribution >= 0.6 is 0 Å². The fraction of sp³-hybridized carbons (Fsp3) is 0.312. The molecule has 0 amide bonds. The molecule has 2 atom stereocenters. The van der Waals surface area contributed by atoms with Gasteiger partial charge in [0.25, 0.3) is 0 Å². The van der Waals surface area contributed by atoms with E-state index in [2.05, 4.69) is 27.5 Å². The lowest BCUT2D eigenvalue weighted by Gasteiger charge is -2.17. The fourth-order valence-electron chi connectivity index (χ4n) is 2.88. The standard InChI is InChI=1S/C16H18N6/c1-11-7-18-8-13(11)21-15-4-2-3-12(20-15)14-9-19-16-10-17-5-6-22(14)16/h2-6,9-11,13,18H,7-8H2,1H3,(H,20,21)/t11-,13-/m0/s1. The van der Waals surface area contributed by atoms with Gasteiger partial charge in [0, 0.05) is 25.0 Å². The van der Waals surface area contributed by atoms with Gasteiger partial charge in [-0.1, -0.05) is 13.0 Å². The fourth-order valence-corrected chi connectivity index (χ4v) is 2.88. The summed E-state index contributed by atoms with van der Waals surface area (Å²) in [5, 5.41) is 6.92. The number of nitrogens with zero attached hydrogens (tertiary/aromatic N) is 4. The van der Waals surface area contributed by atoms with Crippen LogP contribution < -0.4 is 10.6 Å². The molecule has 3 aromatic rings. The number of rotatable bonds is 3. The number of fused-ring (bicyclic) bond motifs is 1. The zero-order valence-electron chi connectivity index (χ0n) is 12.4. The second-order valence-corrected chi connectivity index (χ2v) is 5.74. The maximum Gasteiger partial charge on any atom is 0.155 e. The van der Waals surface area contributed by atoms with Crippen molar-refractivity contribution in [1.29, 1.82) is 0 Å². The molecular weight excluding hydrogens is 276 g/mol. The molecule has 0 aromatic carbocycles. The first-order valence-corrected chi connectivity index (χ1v) is 7.53. The molecule has 6 nitrogen and oxygen atoms in total. The molecule has 2 N–H and O–H groups in total. The van der Waals surface area contributed by atoms with Crippen LogP contribution in [0, 0.1) is 5.92 Å². The summed E-state index contributed by atoms with van der Waals surface area (Å²) in [5.74, 6) is 1.51. The maximum atomic E-state index is 4.74. The van der Waals surface area contributed by atoms with Crippen molar-refractivity contribution >= 4 is 11.5 Å². The molecule has 0 bridgehead atoms. The highest BCUT2D eigenvalue weighted by atomic mass is 15.1. The Kier molecular flexibility index (Phi) is 3.23. The SMILES string of the molecule is C[C@H]1CNC[C@@H]1Nc1cccc(-c2cnc3cnccn23)n1. The molecule has 1 aliphatic rings. The van der Waals surface area contributed by atoms with E-state index in [1.807, 2.05) is 35.0 Å². The minimum Gasteiger partial charge on any atom is -0.366 e. The second-order valence-electron chi connectivity index (χ2n) is 5.74. The zero-order chi connectivity index (χ0) is 14.9. The molecule has 0 unspecified atom stereocenters. The number of aromatic nitrogens is 4. The molecule has 0 spiro atoms. The third kappa shape index (κ3) is 2.31. The molecule has 1 fully saturated rings. The molecule has 0 saturated carbocycles. The van der Waals surface area contributed by atoms with Crippen LogP contribution in [0.4, 0.5) is 5.82 Å².